The van der Waals surface area contributed by atoms with Crippen molar-refractivity contribution < 1.29 is 18.3 Å². The van der Waals surface area contributed by atoms with Crippen molar-refractivity contribution in [2.75, 3.05) is 6.61 Å². The molecule has 0 radical (unpaired) electrons. The number of aromatic nitrogens is 1. The lowest BCUT2D eigenvalue weighted by Gasteiger charge is -2.27. The molecule has 35 heavy (non-hydrogen) atoms. The van der Waals surface area contributed by atoms with Crippen molar-refractivity contribution in [1.82, 2.24) is 10.3 Å². The molecule has 2 aromatic carbocycles. The Hall–Kier alpha value is -2.74. The number of alkyl halides is 1. The number of carbonyl (C=O) groups excluding carboxylic acids is 1. The van der Waals surface area contributed by atoms with Gasteiger partial charge in [0.05, 0.1) is 22.9 Å². The van der Waals surface area contributed by atoms with Crippen molar-refractivity contribution in [1.29, 1.82) is 0 Å². The molecule has 0 unspecified atom stereocenters. The second kappa shape index (κ2) is 9.04. The van der Waals surface area contributed by atoms with E-state index >= 15 is 4.39 Å². The molecule has 4 aromatic rings. The number of nitrogens with one attached hydrogen (secondary N) is 1. The van der Waals surface area contributed by atoms with Crippen molar-refractivity contribution in [3.8, 4) is 16.9 Å². The zero-order chi connectivity index (χ0) is 24.9. The van der Waals surface area contributed by atoms with Crippen LogP contribution in [0.2, 0.25) is 10.0 Å². The Balaban J connectivity index is 1.62. The molecule has 0 saturated carbocycles. The molecule has 0 saturated heterocycles. The van der Waals surface area contributed by atoms with Crippen LogP contribution < -0.4 is 10.1 Å². The smallest absolute Gasteiger partial charge is 0.262 e. The van der Waals surface area contributed by atoms with Gasteiger partial charge in [-0.3, -0.25) is 9.78 Å². The van der Waals surface area contributed by atoms with Gasteiger partial charge in [0, 0.05) is 39.4 Å². The van der Waals surface area contributed by atoms with Gasteiger partial charge >= 0.3 is 0 Å². The maximum Gasteiger partial charge on any atom is 0.262 e. The van der Waals surface area contributed by atoms with Crippen LogP contribution in [-0.4, -0.2) is 17.5 Å². The molecule has 0 bridgehead atoms. The average molecular weight is 533 g/mol. The third-order valence-electron chi connectivity index (χ3n) is 5.86. The fraction of sp³-hybridized carbons (Fsp3) is 0.231. The van der Waals surface area contributed by atoms with Crippen molar-refractivity contribution in [2.24, 2.45) is 0 Å². The van der Waals surface area contributed by atoms with Crippen molar-refractivity contribution >= 4 is 50.7 Å². The zero-order valence-electron chi connectivity index (χ0n) is 18.8. The molecule has 1 N–H and O–H groups in total. The second-order valence-corrected chi connectivity index (χ2v) is 10.7. The lowest BCUT2D eigenvalue weighted by molar-refractivity contribution is 0.0922. The van der Waals surface area contributed by atoms with Crippen LogP contribution in [0.15, 0.2) is 48.7 Å². The van der Waals surface area contributed by atoms with Gasteiger partial charge in [0.15, 0.2) is 0 Å². The Morgan fingerprint density at radius 1 is 1.17 bits per heavy atom. The van der Waals surface area contributed by atoms with E-state index in [9.17, 15) is 9.18 Å². The van der Waals surface area contributed by atoms with Gasteiger partial charge in [-0.2, -0.15) is 0 Å². The van der Waals surface area contributed by atoms with Crippen LogP contribution >= 0.6 is 34.5 Å². The third-order valence-corrected chi connectivity index (χ3v) is 7.51. The molecule has 0 aliphatic carbocycles. The molecule has 1 amide bonds. The van der Waals surface area contributed by atoms with Crippen molar-refractivity contribution in [3.05, 3.63) is 80.5 Å². The highest BCUT2D eigenvalue weighted by Gasteiger charge is 2.34. The second-order valence-electron chi connectivity index (χ2n) is 8.82. The van der Waals surface area contributed by atoms with E-state index in [1.807, 2.05) is 0 Å². The van der Waals surface area contributed by atoms with E-state index in [1.54, 1.807) is 36.5 Å². The quantitative estimate of drug-likeness (QED) is 0.291. The highest BCUT2D eigenvalue weighted by atomic mass is 35.5. The van der Waals surface area contributed by atoms with Crippen LogP contribution in [0.5, 0.6) is 5.75 Å². The predicted octanol–water partition coefficient (Wildman–Crippen LogP) is 7.87. The van der Waals surface area contributed by atoms with Gasteiger partial charge in [-0.05, 0) is 61.9 Å². The minimum absolute atomic E-state index is 0.205. The number of halogens is 4. The summed E-state index contributed by atoms with van der Waals surface area (Å²) in [5.74, 6) is -0.354. The highest BCUT2D eigenvalue weighted by molar-refractivity contribution is 7.21. The maximum absolute atomic E-state index is 15.5. The first-order valence-electron chi connectivity index (χ1n) is 10.9. The average Bonchev–Trinajstić information content (AvgIpc) is 3.19. The maximum atomic E-state index is 15.5. The molecular formula is C26H20Cl2F2N2O2S. The van der Waals surface area contributed by atoms with Crippen LogP contribution in [0.1, 0.15) is 47.1 Å². The van der Waals surface area contributed by atoms with E-state index in [4.69, 9.17) is 27.9 Å². The van der Waals surface area contributed by atoms with Crippen molar-refractivity contribution in [3.63, 3.8) is 0 Å². The standard InChI is InChI=1S/C26H20Cl2F2N2O2S/c1-26(2,30)21-22-23(17(5-7-31-22)13-9-14(27)11-15(28)10-13)35-24(21)25(33)32-19-6-8-34-20-4-3-16(29)12-18(19)20/h3-5,7,9-12,19H,6,8H2,1-2H3,(H,32,33)/t19-/m0/s1. The first-order chi connectivity index (χ1) is 16.6. The van der Waals surface area contributed by atoms with Crippen molar-refractivity contribution in [2.45, 2.75) is 32.0 Å². The number of amides is 1. The molecule has 1 atom stereocenters. The number of rotatable bonds is 4. The van der Waals surface area contributed by atoms with Crippen LogP contribution in [-0.2, 0) is 5.67 Å². The highest BCUT2D eigenvalue weighted by Crippen LogP contribution is 2.44. The normalized spacial score (nSPS) is 15.5. The molecular weight excluding hydrogens is 513 g/mol. The largest absolute Gasteiger partial charge is 0.493 e. The Labute approximate surface area is 214 Å². The lowest BCUT2D eigenvalue weighted by Crippen LogP contribution is -2.33. The first-order valence-corrected chi connectivity index (χ1v) is 12.5. The number of fused-ring (bicyclic) bond motifs is 2. The molecule has 0 spiro atoms. The Morgan fingerprint density at radius 2 is 1.91 bits per heavy atom. The summed E-state index contributed by atoms with van der Waals surface area (Å²) in [5.41, 5.74) is 0.797. The van der Waals surface area contributed by atoms with Gasteiger partial charge in [0.1, 0.15) is 22.1 Å². The van der Waals surface area contributed by atoms with E-state index in [0.717, 1.165) is 22.5 Å². The Kier molecular flexibility index (Phi) is 6.20. The predicted molar refractivity (Wildman–Crippen MR) is 136 cm³/mol. The van der Waals surface area contributed by atoms with Gasteiger partial charge < -0.3 is 10.1 Å². The number of carbonyl (C=O) groups is 1. The summed E-state index contributed by atoms with van der Waals surface area (Å²) < 4.78 is 35.7. The Bertz CT molecular complexity index is 1450. The number of thiophene rings is 1. The molecule has 1 aliphatic rings. The number of pyridine rings is 1. The lowest BCUT2D eigenvalue weighted by atomic mass is 9.96. The first kappa shape index (κ1) is 24.0. The number of ether oxygens (including phenoxy) is 1. The number of hydrogen-bond donors (Lipinski definition) is 1. The van der Waals surface area contributed by atoms with Gasteiger partial charge in [-0.1, -0.05) is 23.2 Å². The van der Waals surface area contributed by atoms with Gasteiger partial charge in [-0.25, -0.2) is 8.78 Å². The minimum Gasteiger partial charge on any atom is -0.493 e. The van der Waals surface area contributed by atoms with Crippen LogP contribution in [0.3, 0.4) is 0 Å². The van der Waals surface area contributed by atoms with Crippen LogP contribution in [0.4, 0.5) is 8.78 Å². The number of nitrogens with zero attached hydrogens (tertiary/aromatic N) is 1. The van der Waals surface area contributed by atoms with Crippen LogP contribution in [0, 0.1) is 5.82 Å². The van der Waals surface area contributed by atoms with E-state index in [-0.39, 0.29) is 10.4 Å². The molecule has 180 valence electrons. The monoisotopic (exact) mass is 532 g/mol. The Morgan fingerprint density at radius 3 is 2.63 bits per heavy atom. The molecule has 1 aliphatic heterocycles. The number of benzene rings is 2. The molecule has 5 rings (SSSR count). The topological polar surface area (TPSA) is 51.2 Å². The fourth-order valence-corrected chi connectivity index (χ4v) is 6.25. The van der Waals surface area contributed by atoms with Gasteiger partial charge in [0.2, 0.25) is 0 Å². The van der Waals surface area contributed by atoms with E-state index in [1.165, 1.54) is 26.0 Å². The van der Waals surface area contributed by atoms with E-state index in [2.05, 4.69) is 10.3 Å². The third kappa shape index (κ3) is 4.60. The van der Waals surface area contributed by atoms with Gasteiger partial charge in [-0.15, -0.1) is 11.3 Å². The molecule has 2 aromatic heterocycles. The summed E-state index contributed by atoms with van der Waals surface area (Å²) in [6.07, 6.45) is 2.04. The minimum atomic E-state index is -1.85. The van der Waals surface area contributed by atoms with E-state index < -0.39 is 23.4 Å². The molecule has 4 nitrogen and oxygen atoms in total. The summed E-state index contributed by atoms with van der Waals surface area (Å²) in [6.45, 7) is 3.17. The van der Waals surface area contributed by atoms with Gasteiger partial charge in [0.25, 0.3) is 5.91 Å². The summed E-state index contributed by atoms with van der Waals surface area (Å²) in [5, 5.41) is 3.88. The SMILES string of the molecule is CC(C)(F)c1c(C(=O)N[C@H]2CCOc3ccc(F)cc32)sc2c(-c3cc(Cl)cc(Cl)c3)ccnc12. The van der Waals surface area contributed by atoms with E-state index in [0.29, 0.717) is 44.6 Å². The van der Waals surface area contributed by atoms with Crippen LogP contribution in [0.25, 0.3) is 21.3 Å². The molecule has 0 fully saturated rings. The molecule has 3 heterocycles. The summed E-state index contributed by atoms with van der Waals surface area (Å²) in [4.78, 5) is 18.2. The zero-order valence-corrected chi connectivity index (χ0v) is 21.1. The summed E-state index contributed by atoms with van der Waals surface area (Å²) in [7, 11) is 0. The summed E-state index contributed by atoms with van der Waals surface area (Å²) >= 11 is 13.6. The number of hydrogen-bond acceptors (Lipinski definition) is 4. The fourth-order valence-electron chi connectivity index (χ4n) is 4.38. The summed E-state index contributed by atoms with van der Waals surface area (Å²) in [6, 6.07) is 10.7. The molecule has 9 heteroatoms.